The number of ether oxygens (including phenoxy) is 7. The predicted molar refractivity (Wildman–Crippen MR) is 134 cm³/mol. The van der Waals surface area contributed by atoms with Gasteiger partial charge in [-0.1, -0.05) is 40.8 Å². The molecule has 0 N–H and O–H groups in total. The Labute approximate surface area is 216 Å². The molecule has 0 radical (unpaired) electrons. The van der Waals surface area contributed by atoms with Crippen LogP contribution in [0.4, 0.5) is 0 Å². The Kier molecular flexibility index (Phi) is 21.4. The summed E-state index contributed by atoms with van der Waals surface area (Å²) in [6.45, 7) is 6.76. The third-order valence-electron chi connectivity index (χ3n) is 3.95. The van der Waals surface area contributed by atoms with Crippen LogP contribution in [0.5, 0.6) is 0 Å². The summed E-state index contributed by atoms with van der Waals surface area (Å²) in [7, 11) is -3.74. The number of halogens is 1. The van der Waals surface area contributed by atoms with Crippen LogP contribution in [0.25, 0.3) is 0 Å². The molecular weight excluding hydrogens is 583 g/mol. The fourth-order valence-corrected chi connectivity index (χ4v) is 3.56. The summed E-state index contributed by atoms with van der Waals surface area (Å²) >= 11 is 2.27. The Morgan fingerprint density at radius 2 is 0.824 bits per heavy atom. The lowest BCUT2D eigenvalue weighted by atomic mass is 10.4. The van der Waals surface area contributed by atoms with E-state index < -0.39 is 10.1 Å². The van der Waals surface area contributed by atoms with Gasteiger partial charge in [0.05, 0.1) is 104 Å². The Bertz CT molecular complexity index is 663. The summed E-state index contributed by atoms with van der Waals surface area (Å²) < 4.78 is 67.3. The van der Waals surface area contributed by atoms with E-state index in [4.69, 9.17) is 37.3 Å². The van der Waals surface area contributed by atoms with E-state index in [2.05, 4.69) is 22.6 Å². The molecule has 10 nitrogen and oxygen atoms in total. The lowest BCUT2D eigenvalue weighted by Crippen LogP contribution is -2.15. The molecule has 198 valence electrons. The second kappa shape index (κ2) is 23.0. The molecule has 1 rings (SSSR count). The molecule has 0 aromatic heterocycles. The van der Waals surface area contributed by atoms with Crippen molar-refractivity contribution >= 4 is 32.7 Å². The summed E-state index contributed by atoms with van der Waals surface area (Å²) in [5, 5.41) is 0. The molecular formula is C22H37IO10S. The SMILES string of the molecule is O=S(=O)(OCCOCCOCCOCCOCCOCCOCCOCCI)c1ccccc1. The van der Waals surface area contributed by atoms with E-state index in [1.54, 1.807) is 18.2 Å². The van der Waals surface area contributed by atoms with Crippen molar-refractivity contribution in [3.05, 3.63) is 30.3 Å². The molecule has 1 aromatic rings. The largest absolute Gasteiger partial charge is 0.378 e. The van der Waals surface area contributed by atoms with Gasteiger partial charge in [0.2, 0.25) is 0 Å². The average molecular weight is 620 g/mol. The highest BCUT2D eigenvalue weighted by Gasteiger charge is 2.13. The van der Waals surface area contributed by atoms with Crippen molar-refractivity contribution in [2.75, 3.05) is 104 Å². The topological polar surface area (TPSA) is 108 Å². The van der Waals surface area contributed by atoms with Crippen LogP contribution in [0.15, 0.2) is 35.2 Å². The van der Waals surface area contributed by atoms with Gasteiger partial charge in [-0.15, -0.1) is 0 Å². The van der Waals surface area contributed by atoms with Crippen molar-refractivity contribution in [1.29, 1.82) is 0 Å². The van der Waals surface area contributed by atoms with Crippen molar-refractivity contribution in [2.45, 2.75) is 4.90 Å². The molecule has 0 bridgehead atoms. The van der Waals surface area contributed by atoms with Crippen molar-refractivity contribution in [2.24, 2.45) is 0 Å². The highest BCUT2D eigenvalue weighted by Crippen LogP contribution is 2.10. The Hall–Kier alpha value is -0.420. The fraction of sp³-hybridized carbons (Fsp3) is 0.727. The molecule has 12 heteroatoms. The van der Waals surface area contributed by atoms with Gasteiger partial charge in [0.15, 0.2) is 0 Å². The van der Waals surface area contributed by atoms with Crippen LogP contribution in [0, 0.1) is 0 Å². The van der Waals surface area contributed by atoms with E-state index in [0.29, 0.717) is 79.3 Å². The van der Waals surface area contributed by atoms with Crippen LogP contribution >= 0.6 is 22.6 Å². The molecule has 0 spiro atoms. The van der Waals surface area contributed by atoms with Gasteiger partial charge in [-0.25, -0.2) is 0 Å². The monoisotopic (exact) mass is 620 g/mol. The average Bonchev–Trinajstić information content (AvgIpc) is 2.85. The zero-order valence-corrected chi connectivity index (χ0v) is 22.5. The van der Waals surface area contributed by atoms with Crippen LogP contribution < -0.4 is 0 Å². The third kappa shape index (κ3) is 18.9. The van der Waals surface area contributed by atoms with E-state index in [-0.39, 0.29) is 18.1 Å². The lowest BCUT2D eigenvalue weighted by molar-refractivity contribution is -0.0207. The van der Waals surface area contributed by atoms with Crippen LogP contribution in [-0.2, 0) is 47.5 Å². The van der Waals surface area contributed by atoms with E-state index in [1.165, 1.54) is 12.1 Å². The second-order valence-corrected chi connectivity index (χ2v) is 9.26. The molecule has 0 fully saturated rings. The van der Waals surface area contributed by atoms with Gasteiger partial charge in [0.25, 0.3) is 10.1 Å². The minimum Gasteiger partial charge on any atom is -0.378 e. The Balaban J connectivity index is 1.74. The van der Waals surface area contributed by atoms with Crippen molar-refractivity contribution in [3.63, 3.8) is 0 Å². The molecule has 34 heavy (non-hydrogen) atoms. The van der Waals surface area contributed by atoms with E-state index in [1.807, 2.05) is 0 Å². The van der Waals surface area contributed by atoms with E-state index in [0.717, 1.165) is 11.0 Å². The first-order valence-electron chi connectivity index (χ1n) is 11.2. The zero-order chi connectivity index (χ0) is 24.6. The van der Waals surface area contributed by atoms with Gasteiger partial charge in [-0.2, -0.15) is 8.42 Å². The quantitative estimate of drug-likeness (QED) is 0.0697. The summed E-state index contributed by atoms with van der Waals surface area (Å²) in [5.74, 6) is 0. The van der Waals surface area contributed by atoms with Gasteiger partial charge in [0, 0.05) is 4.43 Å². The molecule has 0 amide bonds. The zero-order valence-electron chi connectivity index (χ0n) is 19.6. The number of hydrogen-bond donors (Lipinski definition) is 0. The molecule has 0 atom stereocenters. The first kappa shape index (κ1) is 31.6. The van der Waals surface area contributed by atoms with Gasteiger partial charge >= 0.3 is 0 Å². The fourth-order valence-electron chi connectivity index (χ4n) is 2.33. The standard InChI is InChI=1S/C22H37IO10S/c23-6-7-26-8-9-27-10-11-28-12-13-29-14-15-30-16-17-31-18-19-32-20-21-33-34(24,25)22-4-2-1-3-5-22/h1-5H,6-21H2. The van der Waals surface area contributed by atoms with Crippen LogP contribution in [0.2, 0.25) is 0 Å². The molecule has 0 aliphatic carbocycles. The van der Waals surface area contributed by atoms with Gasteiger partial charge < -0.3 is 33.2 Å². The predicted octanol–water partition coefficient (Wildman–Crippen LogP) is 1.94. The first-order valence-corrected chi connectivity index (χ1v) is 14.1. The minimum atomic E-state index is -3.74. The summed E-state index contributed by atoms with van der Waals surface area (Å²) in [6, 6.07) is 7.99. The molecule has 0 heterocycles. The van der Waals surface area contributed by atoms with Crippen molar-refractivity contribution in [1.82, 2.24) is 0 Å². The third-order valence-corrected chi connectivity index (χ3v) is 5.72. The van der Waals surface area contributed by atoms with Gasteiger partial charge in [0.1, 0.15) is 0 Å². The number of hydrogen-bond acceptors (Lipinski definition) is 10. The highest BCUT2D eigenvalue weighted by molar-refractivity contribution is 14.1. The maximum atomic E-state index is 11.9. The Morgan fingerprint density at radius 3 is 1.18 bits per heavy atom. The highest BCUT2D eigenvalue weighted by atomic mass is 127. The second-order valence-electron chi connectivity index (χ2n) is 6.56. The van der Waals surface area contributed by atoms with Crippen LogP contribution in [0.3, 0.4) is 0 Å². The lowest BCUT2D eigenvalue weighted by Gasteiger charge is -2.08. The van der Waals surface area contributed by atoms with E-state index in [9.17, 15) is 8.42 Å². The van der Waals surface area contributed by atoms with Crippen LogP contribution in [-0.4, -0.2) is 112 Å². The van der Waals surface area contributed by atoms with Gasteiger partial charge in [-0.3, -0.25) is 4.18 Å². The summed E-state index contributed by atoms with van der Waals surface area (Å²) in [5.41, 5.74) is 0. The van der Waals surface area contributed by atoms with Crippen molar-refractivity contribution in [3.8, 4) is 0 Å². The normalized spacial score (nSPS) is 11.8. The van der Waals surface area contributed by atoms with Gasteiger partial charge in [-0.05, 0) is 12.1 Å². The molecule has 0 saturated carbocycles. The first-order chi connectivity index (χ1) is 16.7. The molecule has 0 aliphatic heterocycles. The van der Waals surface area contributed by atoms with E-state index >= 15 is 0 Å². The van der Waals surface area contributed by atoms with Crippen molar-refractivity contribution < 1.29 is 45.8 Å². The number of alkyl halides is 1. The minimum absolute atomic E-state index is 0.0481. The van der Waals surface area contributed by atoms with Crippen LogP contribution in [0.1, 0.15) is 0 Å². The molecule has 0 aliphatic rings. The molecule has 0 unspecified atom stereocenters. The number of rotatable bonds is 25. The smallest absolute Gasteiger partial charge is 0.297 e. The maximum Gasteiger partial charge on any atom is 0.297 e. The number of benzene rings is 1. The summed E-state index contributed by atoms with van der Waals surface area (Å²) in [6.07, 6.45) is 0. The molecule has 1 aromatic carbocycles. The maximum absolute atomic E-state index is 11.9. The Morgan fingerprint density at radius 1 is 0.500 bits per heavy atom. The molecule has 0 saturated heterocycles. The summed E-state index contributed by atoms with van der Waals surface area (Å²) in [4.78, 5) is 0.127.